The Morgan fingerprint density at radius 2 is 2.18 bits per heavy atom. The van der Waals surface area contributed by atoms with E-state index < -0.39 is 17.8 Å². The molecule has 3 rings (SSSR count). The average Bonchev–Trinajstić information content (AvgIpc) is 3.10. The molecule has 2 aromatic heterocycles. The van der Waals surface area contributed by atoms with Gasteiger partial charge in [0.2, 0.25) is 5.82 Å². The van der Waals surface area contributed by atoms with Crippen LogP contribution < -0.4 is 5.73 Å². The second-order valence-corrected chi connectivity index (χ2v) is 5.02. The average molecular weight is 314 g/mol. The van der Waals surface area contributed by atoms with Crippen LogP contribution in [0, 0.1) is 0 Å². The first kappa shape index (κ1) is 14.7. The summed E-state index contributed by atoms with van der Waals surface area (Å²) in [6.07, 6.45) is -1.86. The number of hydrogen-bond donors (Lipinski definition) is 1. The van der Waals surface area contributed by atoms with Gasteiger partial charge >= 0.3 is 6.18 Å². The highest BCUT2D eigenvalue weighted by molar-refractivity contribution is 5.91. The monoisotopic (exact) mass is 314 g/mol. The van der Waals surface area contributed by atoms with E-state index in [2.05, 4.69) is 15.1 Å². The number of nitrogens with zero attached hydrogens (tertiary/aromatic N) is 5. The van der Waals surface area contributed by atoms with Gasteiger partial charge in [-0.1, -0.05) is 0 Å². The Morgan fingerprint density at radius 1 is 1.41 bits per heavy atom. The van der Waals surface area contributed by atoms with Gasteiger partial charge in [-0.2, -0.15) is 18.2 Å². The number of nitrogens with two attached hydrogens (primary N) is 1. The first-order valence-electron chi connectivity index (χ1n) is 6.72. The smallest absolute Gasteiger partial charge is 0.332 e. The number of rotatable bonds is 2. The second kappa shape index (κ2) is 5.20. The Labute approximate surface area is 122 Å². The van der Waals surface area contributed by atoms with Crippen molar-refractivity contribution in [3.8, 4) is 0 Å². The van der Waals surface area contributed by atoms with Gasteiger partial charge in [-0.25, -0.2) is 9.50 Å². The number of amides is 1. The van der Waals surface area contributed by atoms with Crippen LogP contribution in [-0.4, -0.2) is 49.5 Å². The lowest BCUT2D eigenvalue weighted by Gasteiger charge is -2.21. The van der Waals surface area contributed by atoms with Crippen LogP contribution >= 0.6 is 0 Å². The molecular weight excluding hydrogens is 301 g/mol. The molecule has 2 N–H and O–H groups in total. The summed E-state index contributed by atoms with van der Waals surface area (Å²) in [6.45, 7) is 0.868. The molecule has 118 valence electrons. The van der Waals surface area contributed by atoms with E-state index in [1.54, 1.807) is 4.90 Å². The van der Waals surface area contributed by atoms with Gasteiger partial charge in [-0.3, -0.25) is 4.79 Å². The fourth-order valence-electron chi connectivity index (χ4n) is 2.50. The molecule has 7 nitrogen and oxygen atoms in total. The van der Waals surface area contributed by atoms with Gasteiger partial charge in [0.15, 0.2) is 0 Å². The number of aromatic nitrogens is 4. The summed E-state index contributed by atoms with van der Waals surface area (Å²) >= 11 is 0. The molecule has 3 heterocycles. The maximum Gasteiger partial charge on any atom is 0.433 e. The van der Waals surface area contributed by atoms with Crippen LogP contribution in [0.5, 0.6) is 0 Å². The number of likely N-dealkylation sites (tertiary alicyclic amines) is 1. The summed E-state index contributed by atoms with van der Waals surface area (Å²) in [5.74, 6) is -0.874. The lowest BCUT2D eigenvalue weighted by Crippen LogP contribution is -2.40. The van der Waals surface area contributed by atoms with E-state index in [4.69, 9.17) is 5.73 Å². The lowest BCUT2D eigenvalue weighted by molar-refractivity contribution is -0.141. The van der Waals surface area contributed by atoms with Gasteiger partial charge in [-0.05, 0) is 18.9 Å². The summed E-state index contributed by atoms with van der Waals surface area (Å²) in [4.78, 5) is 21.1. The number of halogens is 3. The van der Waals surface area contributed by atoms with Crippen LogP contribution in [0.3, 0.4) is 0 Å². The van der Waals surface area contributed by atoms with Crippen molar-refractivity contribution >= 4 is 11.7 Å². The van der Waals surface area contributed by atoms with Crippen LogP contribution in [0.1, 0.15) is 29.2 Å². The first-order chi connectivity index (χ1) is 10.4. The van der Waals surface area contributed by atoms with E-state index in [-0.39, 0.29) is 17.6 Å². The zero-order valence-corrected chi connectivity index (χ0v) is 11.4. The third-order valence-corrected chi connectivity index (χ3v) is 3.60. The van der Waals surface area contributed by atoms with Gasteiger partial charge < -0.3 is 10.6 Å². The highest BCUT2D eigenvalue weighted by atomic mass is 19.4. The minimum Gasteiger partial charge on any atom is -0.332 e. The number of alkyl halides is 3. The standard InChI is InChI=1S/C12H13F3N6O/c13-12(14,15)8-3-5-21-11(17-8)18-9(19-21)10(22)20-4-1-2-7(20)6-16/h3,5,7H,1-2,4,6,16H2/t7-/m1/s1. The summed E-state index contributed by atoms with van der Waals surface area (Å²) < 4.78 is 38.9. The molecule has 10 heteroatoms. The summed E-state index contributed by atoms with van der Waals surface area (Å²) in [6, 6.07) is 0.701. The topological polar surface area (TPSA) is 89.4 Å². The molecule has 0 aromatic carbocycles. The van der Waals surface area contributed by atoms with Crippen LogP contribution in [0.2, 0.25) is 0 Å². The Hall–Kier alpha value is -2.23. The Bertz CT molecular complexity index is 712. The van der Waals surface area contributed by atoms with E-state index in [0.717, 1.165) is 29.6 Å². The highest BCUT2D eigenvalue weighted by Crippen LogP contribution is 2.27. The van der Waals surface area contributed by atoms with E-state index in [1.807, 2.05) is 0 Å². The van der Waals surface area contributed by atoms with Crippen molar-refractivity contribution in [3.05, 3.63) is 23.8 Å². The van der Waals surface area contributed by atoms with Crippen molar-refractivity contribution in [1.82, 2.24) is 24.5 Å². The molecule has 1 aliphatic heterocycles. The predicted octanol–water partition coefficient (Wildman–Crippen LogP) is 0.706. The minimum atomic E-state index is -4.57. The maximum absolute atomic E-state index is 12.6. The summed E-state index contributed by atoms with van der Waals surface area (Å²) in [7, 11) is 0. The molecule has 1 aliphatic rings. The Kier molecular flexibility index (Phi) is 3.47. The highest BCUT2D eigenvalue weighted by Gasteiger charge is 2.34. The third-order valence-electron chi connectivity index (χ3n) is 3.60. The lowest BCUT2D eigenvalue weighted by atomic mass is 10.2. The van der Waals surface area contributed by atoms with Crippen LogP contribution in [0.15, 0.2) is 12.3 Å². The molecule has 0 aliphatic carbocycles. The molecule has 0 unspecified atom stereocenters. The number of fused-ring (bicyclic) bond motifs is 1. The number of carbonyl (C=O) groups is 1. The van der Waals surface area contributed by atoms with E-state index in [1.165, 1.54) is 0 Å². The largest absolute Gasteiger partial charge is 0.433 e. The first-order valence-corrected chi connectivity index (χ1v) is 6.72. The molecule has 22 heavy (non-hydrogen) atoms. The summed E-state index contributed by atoms with van der Waals surface area (Å²) in [5, 5.41) is 3.89. The second-order valence-electron chi connectivity index (χ2n) is 5.02. The maximum atomic E-state index is 12.6. The Balaban J connectivity index is 1.93. The minimum absolute atomic E-state index is 0.0854. The number of hydrogen-bond acceptors (Lipinski definition) is 5. The molecular formula is C12H13F3N6O. The molecule has 0 bridgehead atoms. The normalized spacial score (nSPS) is 19.1. The van der Waals surface area contributed by atoms with E-state index in [0.29, 0.717) is 13.1 Å². The zero-order valence-electron chi connectivity index (χ0n) is 11.4. The van der Waals surface area contributed by atoms with Gasteiger partial charge in [0.25, 0.3) is 11.7 Å². The molecule has 0 spiro atoms. The zero-order chi connectivity index (χ0) is 15.9. The molecule has 1 saturated heterocycles. The molecule has 1 fully saturated rings. The van der Waals surface area contributed by atoms with E-state index in [9.17, 15) is 18.0 Å². The van der Waals surface area contributed by atoms with Crippen LogP contribution in [0.4, 0.5) is 13.2 Å². The van der Waals surface area contributed by atoms with E-state index >= 15 is 0 Å². The SMILES string of the molecule is NC[C@H]1CCCN1C(=O)c1nc2nc(C(F)(F)F)ccn2n1. The van der Waals surface area contributed by atoms with Crippen molar-refractivity contribution in [2.45, 2.75) is 25.1 Å². The molecule has 1 amide bonds. The van der Waals surface area contributed by atoms with Gasteiger partial charge in [0, 0.05) is 25.3 Å². The quantitative estimate of drug-likeness (QED) is 0.881. The predicted molar refractivity (Wildman–Crippen MR) is 68.9 cm³/mol. The Morgan fingerprint density at radius 3 is 2.86 bits per heavy atom. The molecule has 1 atom stereocenters. The fourth-order valence-corrected chi connectivity index (χ4v) is 2.50. The molecule has 0 radical (unpaired) electrons. The van der Waals surface area contributed by atoms with Crippen molar-refractivity contribution < 1.29 is 18.0 Å². The van der Waals surface area contributed by atoms with Gasteiger partial charge in [-0.15, -0.1) is 5.10 Å². The van der Waals surface area contributed by atoms with Crippen molar-refractivity contribution in [2.24, 2.45) is 5.73 Å². The third kappa shape index (κ3) is 2.49. The van der Waals surface area contributed by atoms with Gasteiger partial charge in [0.1, 0.15) is 5.69 Å². The van der Waals surface area contributed by atoms with Crippen LogP contribution in [0.25, 0.3) is 5.78 Å². The van der Waals surface area contributed by atoms with Gasteiger partial charge in [0.05, 0.1) is 0 Å². The number of carbonyl (C=O) groups excluding carboxylic acids is 1. The van der Waals surface area contributed by atoms with Crippen LogP contribution in [-0.2, 0) is 6.18 Å². The van der Waals surface area contributed by atoms with Crippen molar-refractivity contribution in [1.29, 1.82) is 0 Å². The van der Waals surface area contributed by atoms with Crippen molar-refractivity contribution in [2.75, 3.05) is 13.1 Å². The summed E-state index contributed by atoms with van der Waals surface area (Å²) in [5.41, 5.74) is 4.53. The molecule has 2 aromatic rings. The fraction of sp³-hybridized carbons (Fsp3) is 0.500. The molecule has 0 saturated carbocycles. The van der Waals surface area contributed by atoms with Crippen molar-refractivity contribution in [3.63, 3.8) is 0 Å².